The fraction of sp³-hybridized carbons (Fsp3) is 0.233. The van der Waals surface area contributed by atoms with Crippen molar-refractivity contribution in [1.29, 1.82) is 0 Å². The van der Waals surface area contributed by atoms with E-state index in [1.165, 1.54) is 81.1 Å². The van der Waals surface area contributed by atoms with E-state index in [-0.39, 0.29) is 89.9 Å². The van der Waals surface area contributed by atoms with Crippen LogP contribution >= 0.6 is 0 Å². The number of hydrogen-bond donors (Lipinski definition) is 0. The number of nitrogens with zero attached hydrogens (tertiary/aromatic N) is 4. The maximum atomic E-state index is 15.2. The highest BCUT2D eigenvalue weighted by Crippen LogP contribution is 2.41. The molecule has 0 amide bonds. The summed E-state index contributed by atoms with van der Waals surface area (Å²) in [6.45, 7) is 3.24. The van der Waals surface area contributed by atoms with Crippen LogP contribution in [0.1, 0.15) is 57.1 Å². The third-order valence-corrected chi connectivity index (χ3v) is 9.20. The molecule has 2 aromatic heterocycles. The lowest BCUT2D eigenvalue weighted by Gasteiger charge is -2.13. The summed E-state index contributed by atoms with van der Waals surface area (Å²) in [5.74, 6) is 12.7. The van der Waals surface area contributed by atoms with E-state index in [1.807, 2.05) is 0 Å². The highest BCUT2D eigenvalue weighted by atomic mass is 16.5. The molecule has 58 heavy (non-hydrogen) atoms. The van der Waals surface area contributed by atoms with Crippen LogP contribution in [0.25, 0.3) is 21.8 Å². The summed E-state index contributed by atoms with van der Waals surface area (Å²) in [6, 6.07) is 11.5. The Hall–Kier alpha value is -7.65. The first-order valence-corrected chi connectivity index (χ1v) is 17.4. The first kappa shape index (κ1) is 40.0. The largest absolute Gasteiger partial charge is 0.495 e. The number of hydrogen-bond acceptors (Lipinski definition) is 13. The number of carbonyl (C=O) groups excluding carboxylic acids is 3. The van der Waals surface area contributed by atoms with Crippen LogP contribution in [0.2, 0.25) is 0 Å². The molecule has 0 atom stereocenters. The van der Waals surface area contributed by atoms with Gasteiger partial charge in [0.2, 0.25) is 23.1 Å². The maximum absolute atomic E-state index is 15.2. The van der Waals surface area contributed by atoms with E-state index in [0.717, 1.165) is 9.36 Å². The van der Waals surface area contributed by atoms with Crippen LogP contribution in [0.5, 0.6) is 46.0 Å². The molecule has 0 N–H and O–H groups in total. The van der Waals surface area contributed by atoms with Gasteiger partial charge in [-0.25, -0.2) is 4.79 Å². The molecule has 2 heterocycles. The Bertz CT molecular complexity index is 2540. The van der Waals surface area contributed by atoms with Gasteiger partial charge in [-0.2, -0.15) is 19.6 Å². The molecule has 296 valence electrons. The van der Waals surface area contributed by atoms with E-state index < -0.39 is 17.6 Å². The van der Waals surface area contributed by atoms with Gasteiger partial charge in [0.1, 0.15) is 22.9 Å². The van der Waals surface area contributed by atoms with Gasteiger partial charge in [0.15, 0.2) is 23.0 Å². The Labute approximate surface area is 333 Å². The number of aromatic nitrogens is 4. The van der Waals surface area contributed by atoms with Crippen LogP contribution in [0, 0.1) is 23.7 Å². The quantitative estimate of drug-likeness (QED) is 0.102. The number of carbonyl (C=O) groups is 3. The van der Waals surface area contributed by atoms with Crippen LogP contribution in [-0.4, -0.2) is 94.0 Å². The number of rotatable bonds is 12. The molecular formula is C43H38N4O11. The van der Waals surface area contributed by atoms with Gasteiger partial charge in [0, 0.05) is 21.9 Å². The van der Waals surface area contributed by atoms with Gasteiger partial charge in [0.25, 0.3) is 0 Å². The predicted octanol–water partition coefficient (Wildman–Crippen LogP) is 6.18. The Morgan fingerprint density at radius 2 is 0.810 bits per heavy atom. The second-order valence-corrected chi connectivity index (χ2v) is 12.1. The number of fused-ring (bicyclic) bond motifs is 2. The molecule has 15 heteroatoms. The van der Waals surface area contributed by atoms with E-state index >= 15 is 4.79 Å². The lowest BCUT2D eigenvalue weighted by molar-refractivity contribution is 0.102. The van der Waals surface area contributed by atoms with Gasteiger partial charge in [-0.15, -0.1) is 11.8 Å². The molecule has 6 rings (SSSR count). The molecule has 0 spiro atoms. The van der Waals surface area contributed by atoms with Gasteiger partial charge in [-0.3, -0.25) is 9.59 Å². The number of ether oxygens (including phenoxy) is 8. The van der Waals surface area contributed by atoms with Gasteiger partial charge >= 0.3 is 6.03 Å². The third kappa shape index (κ3) is 6.58. The van der Waals surface area contributed by atoms with E-state index in [9.17, 15) is 9.59 Å². The zero-order chi connectivity index (χ0) is 41.8. The summed E-state index contributed by atoms with van der Waals surface area (Å²) in [5.41, 5.74) is 0.836. The highest BCUT2D eigenvalue weighted by Gasteiger charge is 2.32. The Kier molecular flexibility index (Phi) is 11.5. The van der Waals surface area contributed by atoms with E-state index in [2.05, 4.69) is 33.9 Å². The molecule has 0 aliphatic rings. The normalized spacial score (nSPS) is 10.5. The number of benzene rings is 4. The lowest BCUT2D eigenvalue weighted by atomic mass is 10.0. The van der Waals surface area contributed by atoms with E-state index in [0.29, 0.717) is 11.5 Å². The van der Waals surface area contributed by atoms with Crippen molar-refractivity contribution in [2.75, 3.05) is 56.9 Å². The first-order chi connectivity index (χ1) is 28.1. The molecule has 0 saturated carbocycles. The Balaban J connectivity index is 1.67. The summed E-state index contributed by atoms with van der Waals surface area (Å²) in [6.07, 6.45) is 0. The first-order valence-electron chi connectivity index (χ1n) is 17.4. The minimum atomic E-state index is -0.886. The van der Waals surface area contributed by atoms with Crippen molar-refractivity contribution in [3.63, 3.8) is 0 Å². The molecule has 6 aromatic rings. The topological polar surface area (TPSA) is 161 Å². The second-order valence-electron chi connectivity index (χ2n) is 12.1. The van der Waals surface area contributed by atoms with Gasteiger partial charge < -0.3 is 37.9 Å². The molecule has 0 radical (unpaired) electrons. The van der Waals surface area contributed by atoms with Crippen molar-refractivity contribution in [3.8, 4) is 69.7 Å². The highest BCUT2D eigenvalue weighted by molar-refractivity contribution is 6.19. The van der Waals surface area contributed by atoms with Crippen molar-refractivity contribution in [1.82, 2.24) is 19.6 Å². The molecule has 0 aliphatic heterocycles. The molecule has 4 aromatic carbocycles. The van der Waals surface area contributed by atoms with Crippen molar-refractivity contribution in [2.24, 2.45) is 0 Å². The van der Waals surface area contributed by atoms with Crippen LogP contribution in [0.3, 0.4) is 0 Å². The summed E-state index contributed by atoms with van der Waals surface area (Å²) in [4.78, 5) is 44.2. The summed E-state index contributed by atoms with van der Waals surface area (Å²) < 4.78 is 46.3. The number of ketones is 2. The average Bonchev–Trinajstić information content (AvgIpc) is 3.85. The van der Waals surface area contributed by atoms with E-state index in [1.54, 1.807) is 38.1 Å². The minimum absolute atomic E-state index is 0.115. The van der Waals surface area contributed by atoms with E-state index in [4.69, 9.17) is 37.9 Å². The molecular weight excluding hydrogens is 748 g/mol. The zero-order valence-corrected chi connectivity index (χ0v) is 33.4. The molecule has 0 unspecified atom stereocenters. The summed E-state index contributed by atoms with van der Waals surface area (Å²) in [7, 11) is 11.5. The van der Waals surface area contributed by atoms with Gasteiger partial charge in [-0.1, -0.05) is 11.8 Å². The van der Waals surface area contributed by atoms with Crippen LogP contribution < -0.4 is 37.9 Å². The standard InChI is InChI=1S/C43H38N4O11/c1-11-13-25-29(51-3)17-15-27-35(39(48)23-19-31(53-5)41(57-9)32(20-23)54-6)44-46(37(25)27)43(50)47-38-26(14-12-2)30(52-4)18-16-28(38)36(45-47)40(49)24-21-33(55-7)42(58-10)34(22-24)56-8/h15-22H,1-10H3. The molecule has 15 nitrogen and oxygen atoms in total. The number of methoxy groups -OCH3 is 8. The Morgan fingerprint density at radius 1 is 0.483 bits per heavy atom. The lowest BCUT2D eigenvalue weighted by Crippen LogP contribution is -2.23. The van der Waals surface area contributed by atoms with Crippen LogP contribution in [0.15, 0.2) is 48.5 Å². The molecule has 0 bridgehead atoms. The maximum Gasteiger partial charge on any atom is 0.370 e. The smallest absolute Gasteiger partial charge is 0.370 e. The van der Waals surface area contributed by atoms with Crippen LogP contribution in [-0.2, 0) is 0 Å². The monoisotopic (exact) mass is 786 g/mol. The van der Waals surface area contributed by atoms with Gasteiger partial charge in [-0.05, 0) is 62.4 Å². The fourth-order valence-electron chi connectivity index (χ4n) is 6.61. The molecule has 0 fully saturated rings. The van der Waals surface area contributed by atoms with Crippen molar-refractivity contribution in [3.05, 3.63) is 82.2 Å². The second kappa shape index (κ2) is 16.6. The minimum Gasteiger partial charge on any atom is -0.495 e. The SMILES string of the molecule is CC#Cc1c(OC)ccc2c(C(=O)c3cc(OC)c(OC)c(OC)c3)nn(C(=O)n3nc(C(=O)c4cc(OC)c(OC)c(OC)c4)c4ccc(OC)c(C#CC)c43)c12. The molecule has 0 aliphatic carbocycles. The average molecular weight is 787 g/mol. The zero-order valence-electron chi connectivity index (χ0n) is 33.4. The predicted molar refractivity (Wildman–Crippen MR) is 213 cm³/mol. The Morgan fingerprint density at radius 3 is 1.09 bits per heavy atom. The summed E-state index contributed by atoms with van der Waals surface area (Å²) in [5, 5.41) is 9.81. The fourth-order valence-corrected chi connectivity index (χ4v) is 6.61. The van der Waals surface area contributed by atoms with Crippen molar-refractivity contribution < 1.29 is 52.3 Å². The van der Waals surface area contributed by atoms with Crippen LogP contribution in [0.4, 0.5) is 4.79 Å². The van der Waals surface area contributed by atoms with Crippen molar-refractivity contribution >= 4 is 39.4 Å². The molecule has 0 saturated heterocycles. The third-order valence-electron chi connectivity index (χ3n) is 9.20. The van der Waals surface area contributed by atoms with Gasteiger partial charge in [0.05, 0.1) is 79.0 Å². The summed E-state index contributed by atoms with van der Waals surface area (Å²) >= 11 is 0. The van der Waals surface area contributed by atoms with Crippen molar-refractivity contribution in [2.45, 2.75) is 13.8 Å².